The molecule has 5 aromatic rings. The molecule has 1 aliphatic rings. The Bertz CT molecular complexity index is 1580. The number of halogens is 1. The maximum atomic E-state index is 14.2. The fraction of sp³-hybridized carbons (Fsp3) is 0.125. The van der Waals surface area contributed by atoms with Crippen molar-refractivity contribution >= 4 is 43.5 Å². The lowest BCUT2D eigenvalue weighted by atomic mass is 10.2. The van der Waals surface area contributed by atoms with Crippen molar-refractivity contribution < 1.29 is 13.9 Å². The first kappa shape index (κ1) is 20.2. The van der Waals surface area contributed by atoms with E-state index in [9.17, 15) is 9.18 Å². The maximum Gasteiger partial charge on any atom is 0.272 e. The van der Waals surface area contributed by atoms with E-state index in [1.54, 1.807) is 29.0 Å². The molecule has 0 atom stereocenters. The van der Waals surface area contributed by atoms with Crippen LogP contribution < -0.4 is 15.0 Å². The Hall–Kier alpha value is -3.43. The fourth-order valence-corrected chi connectivity index (χ4v) is 5.78. The van der Waals surface area contributed by atoms with Crippen molar-refractivity contribution in [3.05, 3.63) is 88.1 Å². The van der Waals surface area contributed by atoms with E-state index in [2.05, 4.69) is 4.98 Å². The topological polar surface area (TPSA) is 66.2 Å². The lowest BCUT2D eigenvalue weighted by Gasteiger charge is -2.13. The van der Waals surface area contributed by atoms with Gasteiger partial charge in [-0.3, -0.25) is 9.36 Å². The SMILES string of the molecule is O=c1c2sc3ncccc3c2nc(SCc2ccccc2F)n1Cc1ccc2c(c1)OCO2. The van der Waals surface area contributed by atoms with Crippen molar-refractivity contribution in [3.8, 4) is 11.5 Å². The summed E-state index contributed by atoms with van der Waals surface area (Å²) in [5.74, 6) is 1.41. The lowest BCUT2D eigenvalue weighted by molar-refractivity contribution is 0.174. The Morgan fingerprint density at radius 3 is 2.88 bits per heavy atom. The van der Waals surface area contributed by atoms with Gasteiger partial charge in [0.25, 0.3) is 5.56 Å². The minimum absolute atomic E-state index is 0.142. The molecule has 33 heavy (non-hydrogen) atoms. The molecule has 0 N–H and O–H groups in total. The van der Waals surface area contributed by atoms with Gasteiger partial charge < -0.3 is 9.47 Å². The minimum atomic E-state index is -0.277. The van der Waals surface area contributed by atoms with Crippen molar-refractivity contribution in [2.24, 2.45) is 0 Å². The van der Waals surface area contributed by atoms with Gasteiger partial charge in [-0.1, -0.05) is 36.0 Å². The van der Waals surface area contributed by atoms with E-state index < -0.39 is 0 Å². The van der Waals surface area contributed by atoms with E-state index in [1.807, 2.05) is 30.3 Å². The molecule has 0 saturated carbocycles. The van der Waals surface area contributed by atoms with Gasteiger partial charge in [0.2, 0.25) is 6.79 Å². The lowest BCUT2D eigenvalue weighted by Crippen LogP contribution is -2.23. The normalized spacial score (nSPS) is 12.6. The summed E-state index contributed by atoms with van der Waals surface area (Å²) in [6, 6.07) is 16.0. The summed E-state index contributed by atoms with van der Waals surface area (Å²) in [5, 5.41) is 1.37. The highest BCUT2D eigenvalue weighted by molar-refractivity contribution is 7.98. The van der Waals surface area contributed by atoms with Gasteiger partial charge in [-0.05, 0) is 41.5 Å². The van der Waals surface area contributed by atoms with E-state index in [4.69, 9.17) is 14.5 Å². The number of thiophene rings is 1. The molecule has 0 unspecified atom stereocenters. The molecule has 6 rings (SSSR count). The Morgan fingerprint density at radius 1 is 1.09 bits per heavy atom. The Kier molecular flexibility index (Phi) is 5.00. The Morgan fingerprint density at radius 2 is 1.97 bits per heavy atom. The molecule has 164 valence electrons. The Labute approximate surface area is 195 Å². The monoisotopic (exact) mass is 477 g/mol. The second kappa shape index (κ2) is 8.17. The van der Waals surface area contributed by atoms with Crippen LogP contribution in [0.5, 0.6) is 11.5 Å². The van der Waals surface area contributed by atoms with E-state index >= 15 is 0 Å². The summed E-state index contributed by atoms with van der Waals surface area (Å²) in [6.45, 7) is 0.491. The molecule has 9 heteroatoms. The number of hydrogen-bond donors (Lipinski definition) is 0. The molecule has 0 bridgehead atoms. The Balaban J connectivity index is 1.47. The number of thioether (sulfide) groups is 1. The van der Waals surface area contributed by atoms with Crippen LogP contribution in [0.2, 0.25) is 0 Å². The van der Waals surface area contributed by atoms with Crippen molar-refractivity contribution in [1.29, 1.82) is 0 Å². The predicted octanol–water partition coefficient (Wildman–Crippen LogP) is 5.21. The summed E-state index contributed by atoms with van der Waals surface area (Å²) in [7, 11) is 0. The van der Waals surface area contributed by atoms with Crippen molar-refractivity contribution in [2.45, 2.75) is 17.5 Å². The molecule has 0 amide bonds. The number of pyridine rings is 1. The van der Waals surface area contributed by atoms with Crippen LogP contribution in [0.15, 0.2) is 70.7 Å². The molecule has 0 saturated heterocycles. The number of rotatable bonds is 5. The van der Waals surface area contributed by atoms with Gasteiger partial charge in [-0.2, -0.15) is 0 Å². The number of nitrogens with zero attached hydrogens (tertiary/aromatic N) is 3. The predicted molar refractivity (Wildman–Crippen MR) is 127 cm³/mol. The van der Waals surface area contributed by atoms with Gasteiger partial charge in [-0.15, -0.1) is 11.3 Å². The van der Waals surface area contributed by atoms with E-state index in [-0.39, 0.29) is 18.2 Å². The molecular weight excluding hydrogens is 461 g/mol. The van der Waals surface area contributed by atoms with Crippen LogP contribution in [0.4, 0.5) is 4.39 Å². The first-order valence-electron chi connectivity index (χ1n) is 10.2. The molecule has 4 heterocycles. The second-order valence-corrected chi connectivity index (χ2v) is 9.43. The van der Waals surface area contributed by atoms with Gasteiger partial charge in [-0.25, -0.2) is 14.4 Å². The first-order chi connectivity index (χ1) is 16.2. The molecule has 0 fully saturated rings. The van der Waals surface area contributed by atoms with Gasteiger partial charge in [0.1, 0.15) is 15.3 Å². The van der Waals surface area contributed by atoms with Crippen LogP contribution in [0.1, 0.15) is 11.1 Å². The van der Waals surface area contributed by atoms with Gasteiger partial charge in [0, 0.05) is 17.3 Å². The van der Waals surface area contributed by atoms with Gasteiger partial charge in [0.15, 0.2) is 16.7 Å². The third-order valence-corrected chi connectivity index (χ3v) is 7.53. The van der Waals surface area contributed by atoms with Crippen LogP contribution in [0, 0.1) is 5.82 Å². The highest BCUT2D eigenvalue weighted by Gasteiger charge is 2.19. The largest absolute Gasteiger partial charge is 0.454 e. The van der Waals surface area contributed by atoms with E-state index in [0.29, 0.717) is 44.7 Å². The number of fused-ring (bicyclic) bond motifs is 4. The van der Waals surface area contributed by atoms with Gasteiger partial charge >= 0.3 is 0 Å². The summed E-state index contributed by atoms with van der Waals surface area (Å²) in [6.07, 6.45) is 1.71. The van der Waals surface area contributed by atoms with Crippen molar-refractivity contribution in [2.75, 3.05) is 6.79 Å². The summed E-state index contributed by atoms with van der Waals surface area (Å²) in [5.41, 5.74) is 1.93. The third kappa shape index (κ3) is 3.63. The zero-order valence-corrected chi connectivity index (χ0v) is 18.8. The number of aromatic nitrogens is 3. The highest BCUT2D eigenvalue weighted by atomic mass is 32.2. The molecule has 0 radical (unpaired) electrons. The number of ether oxygens (including phenoxy) is 2. The van der Waals surface area contributed by atoms with Crippen LogP contribution in [-0.2, 0) is 12.3 Å². The third-order valence-electron chi connectivity index (χ3n) is 5.41. The molecule has 1 aliphatic heterocycles. The van der Waals surface area contributed by atoms with Crippen molar-refractivity contribution in [3.63, 3.8) is 0 Å². The molecular formula is C24H16FN3O3S2. The summed E-state index contributed by atoms with van der Waals surface area (Å²) < 4.78 is 27.3. The second-order valence-electron chi connectivity index (χ2n) is 7.49. The summed E-state index contributed by atoms with van der Waals surface area (Å²) >= 11 is 2.68. The van der Waals surface area contributed by atoms with Crippen LogP contribution in [0.25, 0.3) is 20.4 Å². The minimum Gasteiger partial charge on any atom is -0.454 e. The van der Waals surface area contributed by atoms with Gasteiger partial charge in [0.05, 0.1) is 12.1 Å². The molecule has 3 aromatic heterocycles. The fourth-order valence-electron chi connectivity index (χ4n) is 3.77. The number of hydrogen-bond acceptors (Lipinski definition) is 7. The molecule has 2 aromatic carbocycles. The average Bonchev–Trinajstić information content (AvgIpc) is 3.45. The molecule has 6 nitrogen and oxygen atoms in total. The number of benzene rings is 2. The maximum absolute atomic E-state index is 14.2. The van der Waals surface area contributed by atoms with E-state index in [1.165, 1.54) is 29.2 Å². The smallest absolute Gasteiger partial charge is 0.272 e. The zero-order chi connectivity index (χ0) is 22.4. The van der Waals surface area contributed by atoms with Crippen molar-refractivity contribution in [1.82, 2.24) is 14.5 Å². The zero-order valence-electron chi connectivity index (χ0n) is 17.2. The standard InChI is InChI=1S/C24H16FN3O3S2/c25-17-6-2-1-4-15(17)12-32-24-27-20-16-5-3-9-26-22(16)33-21(20)23(29)28(24)11-14-7-8-18-19(10-14)31-13-30-18/h1-10H,11-13H2. The highest BCUT2D eigenvalue weighted by Crippen LogP contribution is 2.34. The first-order valence-corrected chi connectivity index (χ1v) is 12.0. The van der Waals surface area contributed by atoms with Crippen LogP contribution in [-0.4, -0.2) is 21.3 Å². The average molecular weight is 478 g/mol. The quantitative estimate of drug-likeness (QED) is 0.256. The van der Waals surface area contributed by atoms with Crippen LogP contribution >= 0.6 is 23.1 Å². The van der Waals surface area contributed by atoms with E-state index in [0.717, 1.165) is 15.8 Å². The molecule has 0 aliphatic carbocycles. The molecule has 0 spiro atoms. The summed E-state index contributed by atoms with van der Waals surface area (Å²) in [4.78, 5) is 23.6. The van der Waals surface area contributed by atoms with Crippen LogP contribution in [0.3, 0.4) is 0 Å².